The monoisotopic (exact) mass is 401 g/mol. The Bertz CT molecular complexity index is 975. The number of ether oxygens (including phenoxy) is 2. The van der Waals surface area contributed by atoms with Crippen molar-refractivity contribution in [1.29, 1.82) is 0 Å². The van der Waals surface area contributed by atoms with E-state index >= 15 is 0 Å². The average molecular weight is 402 g/mol. The van der Waals surface area contributed by atoms with Gasteiger partial charge in [0.05, 0.1) is 25.6 Å². The minimum Gasteiger partial charge on any atom is -0.493 e. The van der Waals surface area contributed by atoms with E-state index in [1.54, 1.807) is 42.3 Å². The van der Waals surface area contributed by atoms with Gasteiger partial charge in [0.2, 0.25) is 0 Å². The SMILES string of the molecule is COc1cc2c(cc1OC)[C@@]1(CCl)[C@H](C(=O)O)c3ccccc3C(=O)N1CC2. The molecule has 2 aliphatic rings. The van der Waals surface area contributed by atoms with E-state index in [1.165, 1.54) is 7.11 Å². The van der Waals surface area contributed by atoms with E-state index in [4.69, 9.17) is 21.1 Å². The van der Waals surface area contributed by atoms with Crippen LogP contribution in [-0.4, -0.2) is 48.5 Å². The van der Waals surface area contributed by atoms with Gasteiger partial charge in [-0.1, -0.05) is 18.2 Å². The molecule has 6 nitrogen and oxygen atoms in total. The number of aliphatic carboxylic acids is 1. The lowest BCUT2D eigenvalue weighted by Crippen LogP contribution is -2.62. The van der Waals surface area contributed by atoms with E-state index in [9.17, 15) is 14.7 Å². The lowest BCUT2D eigenvalue weighted by molar-refractivity contribution is -0.143. The van der Waals surface area contributed by atoms with Crippen LogP contribution < -0.4 is 9.47 Å². The summed E-state index contributed by atoms with van der Waals surface area (Å²) in [5.41, 5.74) is 1.31. The van der Waals surface area contributed by atoms with E-state index < -0.39 is 17.4 Å². The number of carbonyl (C=O) groups excluding carboxylic acids is 1. The van der Waals surface area contributed by atoms with Crippen LogP contribution in [0.2, 0.25) is 0 Å². The standard InChI is InChI=1S/C21H20ClNO5/c1-27-16-9-12-7-8-23-19(24)14-6-4-3-5-13(14)18(20(25)26)21(23,11-22)15(12)10-17(16)28-2/h3-6,9-10,18H,7-8,11H2,1-2H3,(H,25,26)/t18-,21-/m0/s1. The van der Waals surface area contributed by atoms with Gasteiger partial charge < -0.3 is 19.5 Å². The maximum Gasteiger partial charge on any atom is 0.313 e. The molecule has 0 aliphatic carbocycles. The van der Waals surface area contributed by atoms with Gasteiger partial charge in [-0.15, -0.1) is 11.6 Å². The number of nitrogens with zero attached hydrogens (tertiary/aromatic N) is 1. The summed E-state index contributed by atoms with van der Waals surface area (Å²) in [5, 5.41) is 10.2. The number of methoxy groups -OCH3 is 2. The molecule has 0 saturated carbocycles. The van der Waals surface area contributed by atoms with Gasteiger partial charge in [0, 0.05) is 12.1 Å². The van der Waals surface area contributed by atoms with Crippen molar-refractivity contribution < 1.29 is 24.2 Å². The number of carboxylic acids is 1. The number of benzene rings is 2. The maximum atomic E-state index is 13.3. The Morgan fingerprint density at radius 3 is 2.57 bits per heavy atom. The Kier molecular flexibility index (Phi) is 4.46. The summed E-state index contributed by atoms with van der Waals surface area (Å²) in [6.07, 6.45) is 0.578. The van der Waals surface area contributed by atoms with E-state index in [2.05, 4.69) is 0 Å². The molecule has 0 spiro atoms. The molecule has 7 heteroatoms. The Hall–Kier alpha value is -2.73. The highest BCUT2D eigenvalue weighted by Crippen LogP contribution is 2.53. The number of hydrogen-bond donors (Lipinski definition) is 1. The molecule has 0 radical (unpaired) electrons. The summed E-state index contributed by atoms with van der Waals surface area (Å²) in [4.78, 5) is 27.4. The predicted octanol–water partition coefficient (Wildman–Crippen LogP) is 3.02. The fourth-order valence-corrected chi connectivity index (χ4v) is 5.05. The van der Waals surface area contributed by atoms with Crippen molar-refractivity contribution in [2.45, 2.75) is 17.9 Å². The number of amides is 1. The fourth-order valence-electron chi connectivity index (χ4n) is 4.61. The summed E-state index contributed by atoms with van der Waals surface area (Å²) in [5.74, 6) is -1.22. The first-order chi connectivity index (χ1) is 13.5. The first kappa shape index (κ1) is 18.6. The van der Waals surface area contributed by atoms with Crippen LogP contribution in [0.4, 0.5) is 0 Å². The van der Waals surface area contributed by atoms with Gasteiger partial charge >= 0.3 is 5.97 Å². The van der Waals surface area contributed by atoms with Crippen molar-refractivity contribution in [1.82, 2.24) is 4.90 Å². The molecule has 0 unspecified atom stereocenters. The normalized spacial score (nSPS) is 22.8. The number of carboxylic acid groups (broad SMARTS) is 1. The molecule has 2 aromatic carbocycles. The molecule has 28 heavy (non-hydrogen) atoms. The van der Waals surface area contributed by atoms with Crippen molar-refractivity contribution in [2.24, 2.45) is 0 Å². The Balaban J connectivity index is 2.06. The quantitative estimate of drug-likeness (QED) is 0.797. The van der Waals surface area contributed by atoms with Crippen molar-refractivity contribution >= 4 is 23.5 Å². The van der Waals surface area contributed by atoms with Gasteiger partial charge in [-0.2, -0.15) is 0 Å². The zero-order chi connectivity index (χ0) is 20.1. The second-order valence-electron chi connectivity index (χ2n) is 6.99. The number of carbonyl (C=O) groups is 2. The smallest absolute Gasteiger partial charge is 0.313 e. The minimum absolute atomic E-state index is 0.0491. The second-order valence-corrected chi connectivity index (χ2v) is 7.25. The van der Waals surface area contributed by atoms with Crippen molar-refractivity contribution in [3.63, 3.8) is 0 Å². The first-order valence-corrected chi connectivity index (χ1v) is 9.48. The third kappa shape index (κ3) is 2.34. The third-order valence-electron chi connectivity index (χ3n) is 5.84. The maximum absolute atomic E-state index is 13.3. The van der Waals surface area contributed by atoms with Crippen LogP contribution in [0.1, 0.15) is 33.0 Å². The Labute approximate surface area is 167 Å². The molecule has 2 aromatic rings. The zero-order valence-corrected chi connectivity index (χ0v) is 16.3. The van der Waals surface area contributed by atoms with Gasteiger partial charge in [0.25, 0.3) is 5.91 Å². The summed E-state index contributed by atoms with van der Waals surface area (Å²) in [6.45, 7) is 0.381. The van der Waals surface area contributed by atoms with Crippen LogP contribution in [0, 0.1) is 0 Å². The molecule has 0 saturated heterocycles. The van der Waals surface area contributed by atoms with Crippen LogP contribution in [-0.2, 0) is 16.8 Å². The molecule has 2 heterocycles. The summed E-state index contributed by atoms with van der Waals surface area (Å²) in [6, 6.07) is 10.5. The van der Waals surface area contributed by atoms with Crippen molar-refractivity contribution in [3.8, 4) is 11.5 Å². The van der Waals surface area contributed by atoms with Gasteiger partial charge in [0.1, 0.15) is 5.92 Å². The topological polar surface area (TPSA) is 76.1 Å². The summed E-state index contributed by atoms with van der Waals surface area (Å²) in [7, 11) is 3.07. The molecule has 0 aromatic heterocycles. The molecule has 0 fully saturated rings. The fraction of sp³-hybridized carbons (Fsp3) is 0.333. The van der Waals surface area contributed by atoms with Crippen LogP contribution in [0.15, 0.2) is 36.4 Å². The van der Waals surface area contributed by atoms with Gasteiger partial charge in [0.15, 0.2) is 11.5 Å². The lowest BCUT2D eigenvalue weighted by Gasteiger charge is -2.53. The number of alkyl halides is 1. The van der Waals surface area contributed by atoms with Crippen LogP contribution in [0.5, 0.6) is 11.5 Å². The number of halogens is 1. The van der Waals surface area contributed by atoms with Crippen LogP contribution in [0.25, 0.3) is 0 Å². The Morgan fingerprint density at radius 1 is 1.25 bits per heavy atom. The average Bonchev–Trinajstić information content (AvgIpc) is 2.72. The molecule has 2 atom stereocenters. The molecule has 0 bridgehead atoms. The van der Waals surface area contributed by atoms with Crippen molar-refractivity contribution in [2.75, 3.05) is 26.6 Å². The van der Waals surface area contributed by atoms with E-state index in [-0.39, 0.29) is 11.8 Å². The summed E-state index contributed by atoms with van der Waals surface area (Å²) < 4.78 is 10.8. The van der Waals surface area contributed by atoms with E-state index in [1.807, 2.05) is 6.07 Å². The van der Waals surface area contributed by atoms with Gasteiger partial charge in [-0.05, 0) is 41.3 Å². The molecule has 1 amide bonds. The number of fused-ring (bicyclic) bond motifs is 4. The highest BCUT2D eigenvalue weighted by molar-refractivity contribution is 6.19. The number of hydrogen-bond acceptors (Lipinski definition) is 4. The molecule has 1 N–H and O–H groups in total. The van der Waals surface area contributed by atoms with Crippen LogP contribution in [0.3, 0.4) is 0 Å². The first-order valence-electron chi connectivity index (χ1n) is 8.94. The lowest BCUT2D eigenvalue weighted by atomic mass is 9.67. The van der Waals surface area contributed by atoms with Gasteiger partial charge in [-0.25, -0.2) is 0 Å². The van der Waals surface area contributed by atoms with Crippen LogP contribution >= 0.6 is 11.6 Å². The molecule has 2 aliphatic heterocycles. The molecular weight excluding hydrogens is 382 g/mol. The summed E-state index contributed by atoms with van der Waals surface area (Å²) >= 11 is 6.48. The van der Waals surface area contributed by atoms with E-state index in [0.29, 0.717) is 41.2 Å². The predicted molar refractivity (Wildman–Crippen MR) is 104 cm³/mol. The molecule has 146 valence electrons. The van der Waals surface area contributed by atoms with Gasteiger partial charge in [-0.3, -0.25) is 9.59 Å². The zero-order valence-electron chi connectivity index (χ0n) is 15.6. The number of rotatable bonds is 4. The largest absolute Gasteiger partial charge is 0.493 e. The van der Waals surface area contributed by atoms with E-state index in [0.717, 1.165) is 5.56 Å². The second kappa shape index (κ2) is 6.71. The third-order valence-corrected chi connectivity index (χ3v) is 6.25. The highest BCUT2D eigenvalue weighted by atomic mass is 35.5. The molecular formula is C21H20ClNO5. The minimum atomic E-state index is -1.20. The molecule has 4 rings (SSSR count). The van der Waals surface area contributed by atoms with Crippen molar-refractivity contribution in [3.05, 3.63) is 58.7 Å². The Morgan fingerprint density at radius 2 is 1.93 bits per heavy atom. The highest BCUT2D eigenvalue weighted by Gasteiger charge is 2.57.